The first-order chi connectivity index (χ1) is 11.8. The maximum absolute atomic E-state index is 12.7. The molecular weight excluding hydrogens is 308 g/mol. The van der Waals surface area contributed by atoms with Gasteiger partial charge in [-0.1, -0.05) is 18.6 Å². The average molecular weight is 336 g/mol. The van der Waals surface area contributed by atoms with Gasteiger partial charge < -0.3 is 15.0 Å². The topological polar surface area (TPSA) is 75.5 Å². The van der Waals surface area contributed by atoms with Gasteiger partial charge in [-0.3, -0.25) is 14.4 Å². The lowest BCUT2D eigenvalue weighted by Gasteiger charge is -2.35. The molecule has 1 N–H and O–H groups in total. The number of hydrogen-bond acceptors (Lipinski definition) is 6. The molecule has 0 spiro atoms. The van der Waals surface area contributed by atoms with Crippen molar-refractivity contribution in [3.8, 4) is 0 Å². The predicted octanol–water partition coefficient (Wildman–Crippen LogP) is -0.176. The van der Waals surface area contributed by atoms with Crippen LogP contribution in [0.15, 0.2) is 6.20 Å². The number of carbonyl (C=O) groups excluding carboxylic acids is 1. The summed E-state index contributed by atoms with van der Waals surface area (Å²) in [7, 11) is 0. The Morgan fingerprint density at radius 3 is 2.96 bits per heavy atom. The Morgan fingerprint density at radius 1 is 1.33 bits per heavy atom. The van der Waals surface area contributed by atoms with Crippen molar-refractivity contribution in [3.63, 3.8) is 0 Å². The van der Waals surface area contributed by atoms with Crippen molar-refractivity contribution in [3.05, 3.63) is 11.9 Å². The molecule has 2 aliphatic heterocycles. The Labute approximate surface area is 143 Å². The Hall–Kier alpha value is -1.51. The van der Waals surface area contributed by atoms with Crippen molar-refractivity contribution in [1.29, 1.82) is 0 Å². The van der Waals surface area contributed by atoms with Gasteiger partial charge in [0, 0.05) is 39.3 Å². The van der Waals surface area contributed by atoms with Crippen LogP contribution >= 0.6 is 0 Å². The molecule has 1 atom stereocenters. The van der Waals surface area contributed by atoms with E-state index >= 15 is 0 Å². The van der Waals surface area contributed by atoms with Crippen LogP contribution in [0.3, 0.4) is 0 Å². The fraction of sp³-hybridized carbons (Fsp3) is 0.812. The van der Waals surface area contributed by atoms with E-state index in [9.17, 15) is 4.79 Å². The number of carbonyl (C=O) groups is 1. The molecule has 1 amide bonds. The molecule has 0 bridgehead atoms. The summed E-state index contributed by atoms with van der Waals surface area (Å²) in [6.45, 7) is 9.89. The lowest BCUT2D eigenvalue weighted by molar-refractivity contribution is -0.00464. The number of aromatic nitrogens is 3. The maximum atomic E-state index is 12.7. The molecule has 24 heavy (non-hydrogen) atoms. The Bertz CT molecular complexity index is 526. The van der Waals surface area contributed by atoms with Crippen LogP contribution in [0.5, 0.6) is 0 Å². The van der Waals surface area contributed by atoms with Crippen molar-refractivity contribution >= 4 is 5.91 Å². The van der Waals surface area contributed by atoms with Crippen LogP contribution in [-0.2, 0) is 11.3 Å². The molecule has 0 radical (unpaired) electrons. The summed E-state index contributed by atoms with van der Waals surface area (Å²) in [5.74, 6) is -0.0230. The van der Waals surface area contributed by atoms with E-state index in [2.05, 4.69) is 27.5 Å². The monoisotopic (exact) mass is 336 g/mol. The van der Waals surface area contributed by atoms with Crippen molar-refractivity contribution in [2.75, 3.05) is 52.5 Å². The number of morpholine rings is 1. The number of ether oxygens (including phenoxy) is 1. The van der Waals surface area contributed by atoms with E-state index in [4.69, 9.17) is 4.74 Å². The van der Waals surface area contributed by atoms with Gasteiger partial charge in [0.1, 0.15) is 0 Å². The van der Waals surface area contributed by atoms with Crippen LogP contribution in [0.1, 0.15) is 30.3 Å². The molecule has 8 nitrogen and oxygen atoms in total. The number of nitrogens with one attached hydrogen (secondary N) is 1. The first-order valence-electron chi connectivity index (χ1n) is 9.00. The molecule has 3 rings (SSSR count). The van der Waals surface area contributed by atoms with Crippen molar-refractivity contribution in [2.45, 2.75) is 32.4 Å². The van der Waals surface area contributed by atoms with E-state index in [1.165, 1.54) is 0 Å². The molecule has 2 saturated heterocycles. The fourth-order valence-electron chi connectivity index (χ4n) is 3.33. The van der Waals surface area contributed by atoms with E-state index in [0.29, 0.717) is 25.5 Å². The van der Waals surface area contributed by atoms with E-state index in [0.717, 1.165) is 52.1 Å². The van der Waals surface area contributed by atoms with E-state index < -0.39 is 0 Å². The van der Waals surface area contributed by atoms with Crippen LogP contribution in [-0.4, -0.2) is 89.2 Å². The van der Waals surface area contributed by atoms with Gasteiger partial charge >= 0.3 is 0 Å². The molecular formula is C16H28N6O2. The van der Waals surface area contributed by atoms with E-state index in [-0.39, 0.29) is 11.9 Å². The van der Waals surface area contributed by atoms with Crippen LogP contribution in [0.25, 0.3) is 0 Å². The van der Waals surface area contributed by atoms with Gasteiger partial charge in [-0.15, -0.1) is 5.10 Å². The molecule has 1 aromatic heterocycles. The van der Waals surface area contributed by atoms with Crippen LogP contribution < -0.4 is 5.32 Å². The van der Waals surface area contributed by atoms with Crippen molar-refractivity contribution in [2.24, 2.45) is 0 Å². The summed E-state index contributed by atoms with van der Waals surface area (Å²) in [6, 6.07) is 0.155. The second-order valence-corrected chi connectivity index (χ2v) is 6.47. The minimum atomic E-state index is -0.0230. The van der Waals surface area contributed by atoms with E-state index in [1.807, 2.05) is 4.90 Å². The molecule has 8 heteroatoms. The summed E-state index contributed by atoms with van der Waals surface area (Å²) < 4.78 is 7.30. The normalized spacial score (nSPS) is 22.7. The summed E-state index contributed by atoms with van der Waals surface area (Å²) in [5.41, 5.74) is 0.443. The molecule has 2 fully saturated rings. The smallest absolute Gasteiger partial charge is 0.276 e. The number of piperazine rings is 1. The number of nitrogens with zero attached hydrogens (tertiary/aromatic N) is 5. The summed E-state index contributed by atoms with van der Waals surface area (Å²) in [6.07, 6.45) is 3.78. The molecule has 0 aliphatic carbocycles. The molecule has 2 aliphatic rings. The SMILES string of the molecule is CCCC1COCCN1C(=O)c1cn(CCN2CCNCC2)nn1. The van der Waals surface area contributed by atoms with Gasteiger partial charge in [0.2, 0.25) is 0 Å². The molecule has 3 heterocycles. The summed E-state index contributed by atoms with van der Waals surface area (Å²) >= 11 is 0. The summed E-state index contributed by atoms with van der Waals surface area (Å²) in [4.78, 5) is 17.0. The van der Waals surface area contributed by atoms with Gasteiger partial charge in [-0.2, -0.15) is 0 Å². The molecule has 0 aromatic carbocycles. The second kappa shape index (κ2) is 8.55. The highest BCUT2D eigenvalue weighted by Crippen LogP contribution is 2.15. The number of hydrogen-bond donors (Lipinski definition) is 1. The van der Waals surface area contributed by atoms with Crippen molar-refractivity contribution < 1.29 is 9.53 Å². The van der Waals surface area contributed by atoms with Crippen LogP contribution in [0, 0.1) is 0 Å². The minimum Gasteiger partial charge on any atom is -0.377 e. The lowest BCUT2D eigenvalue weighted by Crippen LogP contribution is -2.48. The molecule has 1 unspecified atom stereocenters. The zero-order valence-corrected chi connectivity index (χ0v) is 14.5. The van der Waals surface area contributed by atoms with Gasteiger partial charge in [-0.25, -0.2) is 0 Å². The molecule has 1 aromatic rings. The minimum absolute atomic E-state index is 0.0230. The standard InChI is InChI=1S/C16H28N6O2/c1-2-3-14-13-24-11-10-22(14)16(23)15-12-21(19-18-15)9-8-20-6-4-17-5-7-20/h12,14,17H,2-11,13H2,1H3. The zero-order valence-electron chi connectivity index (χ0n) is 14.5. The Morgan fingerprint density at radius 2 is 2.17 bits per heavy atom. The third-order valence-electron chi connectivity index (χ3n) is 4.72. The predicted molar refractivity (Wildman–Crippen MR) is 89.9 cm³/mol. The average Bonchev–Trinajstić information content (AvgIpc) is 3.10. The van der Waals surface area contributed by atoms with Crippen molar-refractivity contribution in [1.82, 2.24) is 30.1 Å². The third-order valence-corrected chi connectivity index (χ3v) is 4.72. The lowest BCUT2D eigenvalue weighted by atomic mass is 10.1. The van der Waals surface area contributed by atoms with Crippen LogP contribution in [0.4, 0.5) is 0 Å². The van der Waals surface area contributed by atoms with Gasteiger partial charge in [0.15, 0.2) is 5.69 Å². The Balaban J connectivity index is 1.56. The largest absolute Gasteiger partial charge is 0.377 e. The fourth-order valence-corrected chi connectivity index (χ4v) is 3.33. The highest BCUT2D eigenvalue weighted by molar-refractivity contribution is 5.92. The van der Waals surface area contributed by atoms with E-state index in [1.54, 1.807) is 10.9 Å². The highest BCUT2D eigenvalue weighted by Gasteiger charge is 2.29. The van der Waals surface area contributed by atoms with Gasteiger partial charge in [0.25, 0.3) is 5.91 Å². The number of rotatable bonds is 6. The quantitative estimate of drug-likeness (QED) is 0.777. The Kier molecular flexibility index (Phi) is 6.17. The highest BCUT2D eigenvalue weighted by atomic mass is 16.5. The van der Waals surface area contributed by atoms with Gasteiger partial charge in [-0.05, 0) is 6.42 Å². The summed E-state index contributed by atoms with van der Waals surface area (Å²) in [5, 5.41) is 11.6. The molecule has 0 saturated carbocycles. The van der Waals surface area contributed by atoms with Gasteiger partial charge in [0.05, 0.1) is 32.0 Å². The number of amides is 1. The first-order valence-corrected chi connectivity index (χ1v) is 9.00. The zero-order chi connectivity index (χ0) is 16.8. The maximum Gasteiger partial charge on any atom is 0.276 e. The first kappa shape index (κ1) is 17.3. The second-order valence-electron chi connectivity index (χ2n) is 6.47. The molecule has 134 valence electrons. The van der Waals surface area contributed by atoms with Crippen LogP contribution in [0.2, 0.25) is 0 Å². The third kappa shape index (κ3) is 4.31.